The summed E-state index contributed by atoms with van der Waals surface area (Å²) in [6.07, 6.45) is 6.93. The van der Waals surface area contributed by atoms with Crippen molar-refractivity contribution in [2.45, 2.75) is 46.1 Å². The summed E-state index contributed by atoms with van der Waals surface area (Å²) in [5.41, 5.74) is 12.2. The van der Waals surface area contributed by atoms with Gasteiger partial charge in [-0.15, -0.1) is 10.2 Å². The Morgan fingerprint density at radius 3 is 2.73 bits per heavy atom. The maximum Gasteiger partial charge on any atom is 0.227 e. The predicted molar refractivity (Wildman–Crippen MR) is 158 cm³/mol. The van der Waals surface area contributed by atoms with Crippen molar-refractivity contribution < 1.29 is 9.53 Å². The van der Waals surface area contributed by atoms with Crippen molar-refractivity contribution in [1.29, 1.82) is 0 Å². The van der Waals surface area contributed by atoms with E-state index in [0.29, 0.717) is 31.8 Å². The van der Waals surface area contributed by atoms with Crippen LogP contribution in [0.3, 0.4) is 0 Å². The van der Waals surface area contributed by atoms with Crippen molar-refractivity contribution in [1.82, 2.24) is 15.3 Å². The Labute approximate surface area is 239 Å². The van der Waals surface area contributed by atoms with Crippen LogP contribution in [0.15, 0.2) is 88.5 Å². The second kappa shape index (κ2) is 11.8. The van der Waals surface area contributed by atoms with E-state index in [4.69, 9.17) is 4.74 Å². The summed E-state index contributed by atoms with van der Waals surface area (Å²) in [4.78, 5) is 15.3. The highest BCUT2D eigenvalue weighted by Crippen LogP contribution is 2.36. The van der Waals surface area contributed by atoms with Crippen LogP contribution < -0.4 is 15.2 Å². The number of rotatable bonds is 9. The standard InChI is InChI=1S/C32H32N7O2/c1-22-9-5-15-30(23(22)2)41-18-8-16-31(40)39-17-7-13-28-26(12-6-14-29(28)39)25-19-33-38(21-25)20-24-10-3-4-11-27(24)32-34-36-37-35-32/h3-6,9-12,14-15,19,21H,7-8,13,16-18,20H2,1-2H3. The minimum atomic E-state index is 0.138. The SMILES string of the molecule is Cc1cccc(OCCCC(=O)N2CCCc3c(-c4cnn(Cc5ccccc5C5=N[N]N=N5)c4)cccc32)c1C. The summed E-state index contributed by atoms with van der Waals surface area (Å²) in [5, 5.41) is 16.3. The van der Waals surface area contributed by atoms with E-state index in [9.17, 15) is 4.79 Å². The van der Waals surface area contributed by atoms with Gasteiger partial charge in [-0.3, -0.25) is 9.48 Å². The first-order chi connectivity index (χ1) is 20.1. The molecule has 3 heterocycles. The Balaban J connectivity index is 1.14. The summed E-state index contributed by atoms with van der Waals surface area (Å²) >= 11 is 0. The number of nitrogens with zero attached hydrogens (tertiary/aromatic N) is 7. The first kappa shape index (κ1) is 26.4. The van der Waals surface area contributed by atoms with E-state index in [1.165, 1.54) is 11.1 Å². The molecule has 3 aromatic carbocycles. The van der Waals surface area contributed by atoms with Crippen LogP contribution >= 0.6 is 0 Å². The van der Waals surface area contributed by atoms with Gasteiger partial charge in [0.25, 0.3) is 0 Å². The highest BCUT2D eigenvalue weighted by Gasteiger charge is 2.25. The number of aromatic nitrogens is 2. The number of amidine groups is 1. The van der Waals surface area contributed by atoms with Crippen LogP contribution in [0, 0.1) is 13.8 Å². The monoisotopic (exact) mass is 546 g/mol. The molecule has 0 fully saturated rings. The Morgan fingerprint density at radius 2 is 1.85 bits per heavy atom. The maximum absolute atomic E-state index is 13.3. The van der Waals surface area contributed by atoms with Crippen molar-refractivity contribution in [3.05, 3.63) is 101 Å². The van der Waals surface area contributed by atoms with Gasteiger partial charge >= 0.3 is 0 Å². The average Bonchev–Trinajstić information content (AvgIpc) is 3.70. The lowest BCUT2D eigenvalue weighted by Gasteiger charge is -2.31. The normalized spacial score (nSPS) is 14.0. The predicted octanol–water partition coefficient (Wildman–Crippen LogP) is 6.00. The molecule has 41 heavy (non-hydrogen) atoms. The van der Waals surface area contributed by atoms with Gasteiger partial charge < -0.3 is 9.64 Å². The summed E-state index contributed by atoms with van der Waals surface area (Å²) in [6.45, 7) is 5.96. The lowest BCUT2D eigenvalue weighted by molar-refractivity contribution is -0.118. The number of ether oxygens (including phenoxy) is 1. The summed E-state index contributed by atoms with van der Waals surface area (Å²) < 4.78 is 7.90. The largest absolute Gasteiger partial charge is 0.493 e. The number of hydrogen-bond donors (Lipinski definition) is 0. The zero-order valence-corrected chi connectivity index (χ0v) is 23.3. The van der Waals surface area contributed by atoms with Gasteiger partial charge in [0.15, 0.2) is 0 Å². The van der Waals surface area contributed by atoms with E-state index in [-0.39, 0.29) is 5.91 Å². The second-order valence-electron chi connectivity index (χ2n) is 10.4. The van der Waals surface area contributed by atoms with Crippen LogP contribution in [0.4, 0.5) is 5.69 Å². The molecule has 9 nitrogen and oxygen atoms in total. The Hall–Kier alpha value is -4.79. The summed E-state index contributed by atoms with van der Waals surface area (Å²) in [6, 6.07) is 20.2. The second-order valence-corrected chi connectivity index (χ2v) is 10.4. The van der Waals surface area contributed by atoms with Crippen LogP contribution in [0.25, 0.3) is 11.1 Å². The van der Waals surface area contributed by atoms with E-state index >= 15 is 0 Å². The van der Waals surface area contributed by atoms with E-state index < -0.39 is 0 Å². The Kier molecular flexibility index (Phi) is 7.58. The summed E-state index contributed by atoms with van der Waals surface area (Å²) in [5.74, 6) is 1.54. The smallest absolute Gasteiger partial charge is 0.227 e. The molecule has 0 bridgehead atoms. The van der Waals surface area contributed by atoms with Crippen molar-refractivity contribution in [2.75, 3.05) is 18.1 Å². The van der Waals surface area contributed by atoms with E-state index in [1.54, 1.807) is 0 Å². The Morgan fingerprint density at radius 1 is 1.00 bits per heavy atom. The van der Waals surface area contributed by atoms with Crippen LogP contribution in [0.2, 0.25) is 0 Å². The van der Waals surface area contributed by atoms with Crippen molar-refractivity contribution in [3.8, 4) is 16.9 Å². The van der Waals surface area contributed by atoms with Gasteiger partial charge in [-0.1, -0.05) is 48.5 Å². The van der Waals surface area contributed by atoms with Gasteiger partial charge in [0.1, 0.15) is 5.75 Å². The molecule has 2 aliphatic heterocycles. The topological polar surface area (TPSA) is 98.5 Å². The third-order valence-electron chi connectivity index (χ3n) is 7.75. The first-order valence-corrected chi connectivity index (χ1v) is 14.0. The van der Waals surface area contributed by atoms with Gasteiger partial charge in [0, 0.05) is 36.0 Å². The lowest BCUT2D eigenvalue weighted by atomic mass is 9.93. The van der Waals surface area contributed by atoms with Gasteiger partial charge in [-0.05, 0) is 83.8 Å². The molecule has 1 aromatic heterocycles. The number of carbonyl (C=O) groups is 1. The fourth-order valence-corrected chi connectivity index (χ4v) is 5.47. The molecule has 0 N–H and O–H groups in total. The molecule has 0 spiro atoms. The molecule has 0 saturated carbocycles. The van der Waals surface area contributed by atoms with E-state index in [0.717, 1.165) is 58.6 Å². The molecule has 0 aliphatic carbocycles. The molecule has 1 radical (unpaired) electrons. The third kappa shape index (κ3) is 5.61. The number of carbonyl (C=O) groups excluding carboxylic acids is 1. The number of amides is 1. The first-order valence-electron chi connectivity index (χ1n) is 14.0. The van der Waals surface area contributed by atoms with Crippen LogP contribution in [0.1, 0.15) is 47.1 Å². The molecule has 1 amide bonds. The molecule has 207 valence electrons. The maximum atomic E-state index is 13.3. The number of hydrogen-bond acceptors (Lipinski definition) is 6. The number of fused-ring (bicyclic) bond motifs is 1. The quantitative estimate of drug-likeness (QED) is 0.241. The number of anilines is 1. The molecular weight excluding hydrogens is 514 g/mol. The van der Waals surface area contributed by atoms with E-state index in [1.807, 2.05) is 58.2 Å². The molecule has 0 atom stereocenters. The van der Waals surface area contributed by atoms with E-state index in [2.05, 4.69) is 64.3 Å². The third-order valence-corrected chi connectivity index (χ3v) is 7.75. The fraction of sp³-hybridized carbons (Fsp3) is 0.281. The molecular formula is C32H32N7O2. The van der Waals surface area contributed by atoms with Crippen molar-refractivity contribution in [3.63, 3.8) is 0 Å². The molecule has 2 aliphatic rings. The number of aryl methyl sites for hydroxylation is 1. The molecule has 4 aromatic rings. The minimum absolute atomic E-state index is 0.138. The van der Waals surface area contributed by atoms with Gasteiger partial charge in [0.05, 0.1) is 19.3 Å². The molecule has 0 saturated heterocycles. The van der Waals surface area contributed by atoms with Gasteiger partial charge in [-0.2, -0.15) is 5.10 Å². The summed E-state index contributed by atoms with van der Waals surface area (Å²) in [7, 11) is 0. The Bertz CT molecular complexity index is 1640. The van der Waals surface area contributed by atoms with Crippen molar-refractivity contribution in [2.24, 2.45) is 15.4 Å². The van der Waals surface area contributed by atoms with Crippen LogP contribution in [0.5, 0.6) is 5.75 Å². The average molecular weight is 547 g/mol. The number of benzene rings is 3. The molecule has 0 unspecified atom stereocenters. The van der Waals surface area contributed by atoms with Gasteiger partial charge in [0.2, 0.25) is 11.7 Å². The fourth-order valence-electron chi connectivity index (χ4n) is 5.47. The minimum Gasteiger partial charge on any atom is -0.493 e. The van der Waals surface area contributed by atoms with Crippen molar-refractivity contribution >= 4 is 17.4 Å². The zero-order chi connectivity index (χ0) is 28.2. The van der Waals surface area contributed by atoms with Gasteiger partial charge in [-0.25, -0.2) is 0 Å². The lowest BCUT2D eigenvalue weighted by Crippen LogP contribution is -2.35. The molecule has 6 rings (SSSR count). The zero-order valence-electron chi connectivity index (χ0n) is 23.3. The molecule has 9 heteroatoms. The highest BCUT2D eigenvalue weighted by molar-refractivity contribution is 6.00. The highest BCUT2D eigenvalue weighted by atomic mass is 16.5. The van der Waals surface area contributed by atoms with Crippen LogP contribution in [-0.4, -0.2) is 34.7 Å². The van der Waals surface area contributed by atoms with Crippen LogP contribution in [-0.2, 0) is 17.8 Å².